The minimum atomic E-state index is 0.758. The first kappa shape index (κ1) is 11.1. The van der Waals surface area contributed by atoms with Crippen LogP contribution in [0.2, 0.25) is 0 Å². The quantitative estimate of drug-likeness (QED) is 0.540. The van der Waals surface area contributed by atoms with Gasteiger partial charge >= 0.3 is 0 Å². The summed E-state index contributed by atoms with van der Waals surface area (Å²) in [5.74, 6) is 0.858. The lowest BCUT2D eigenvalue weighted by Gasteiger charge is -2.38. The SMILES string of the molecule is C[C@@H]1CCC[C@H](C)N1C/C=C/CS. The predicted octanol–water partition coefficient (Wildman–Crippen LogP) is 2.74. The molecule has 0 aromatic heterocycles. The summed E-state index contributed by atoms with van der Waals surface area (Å²) in [4.78, 5) is 2.59. The highest BCUT2D eigenvalue weighted by molar-refractivity contribution is 7.80. The van der Waals surface area contributed by atoms with E-state index in [0.717, 1.165) is 24.4 Å². The van der Waals surface area contributed by atoms with Gasteiger partial charge in [0, 0.05) is 24.4 Å². The third-order valence-corrected chi connectivity index (χ3v) is 3.18. The molecule has 1 nitrogen and oxygen atoms in total. The van der Waals surface area contributed by atoms with Crippen LogP contribution in [-0.2, 0) is 0 Å². The monoisotopic (exact) mass is 199 g/mol. The van der Waals surface area contributed by atoms with Gasteiger partial charge in [0.15, 0.2) is 0 Å². The molecule has 1 heterocycles. The molecule has 1 fully saturated rings. The van der Waals surface area contributed by atoms with E-state index in [2.05, 4.69) is 43.5 Å². The van der Waals surface area contributed by atoms with Gasteiger partial charge in [0.2, 0.25) is 0 Å². The van der Waals surface area contributed by atoms with Gasteiger partial charge in [-0.2, -0.15) is 12.6 Å². The van der Waals surface area contributed by atoms with Crippen LogP contribution in [0, 0.1) is 0 Å². The fourth-order valence-corrected chi connectivity index (χ4v) is 2.25. The average molecular weight is 199 g/mol. The Balaban J connectivity index is 2.39. The van der Waals surface area contributed by atoms with Gasteiger partial charge < -0.3 is 0 Å². The van der Waals surface area contributed by atoms with Crippen molar-refractivity contribution < 1.29 is 0 Å². The van der Waals surface area contributed by atoms with E-state index in [9.17, 15) is 0 Å². The molecule has 1 aliphatic rings. The third-order valence-electron chi connectivity index (χ3n) is 2.96. The molecule has 0 radical (unpaired) electrons. The van der Waals surface area contributed by atoms with Crippen LogP contribution in [0.1, 0.15) is 33.1 Å². The molecule has 2 heteroatoms. The Kier molecular flexibility index (Phi) is 4.89. The van der Waals surface area contributed by atoms with Crippen molar-refractivity contribution in [2.75, 3.05) is 12.3 Å². The maximum absolute atomic E-state index is 4.16. The zero-order valence-corrected chi connectivity index (χ0v) is 9.63. The van der Waals surface area contributed by atoms with E-state index in [0.29, 0.717) is 0 Å². The van der Waals surface area contributed by atoms with Gasteiger partial charge in [0.1, 0.15) is 0 Å². The Labute approximate surface area is 87.6 Å². The van der Waals surface area contributed by atoms with Crippen molar-refractivity contribution >= 4 is 12.6 Å². The molecule has 0 bridgehead atoms. The molecule has 1 aliphatic heterocycles. The number of hydrogen-bond acceptors (Lipinski definition) is 2. The van der Waals surface area contributed by atoms with Crippen LogP contribution in [0.15, 0.2) is 12.2 Å². The number of piperidine rings is 1. The number of hydrogen-bond donors (Lipinski definition) is 1. The first-order valence-corrected chi connectivity index (χ1v) is 5.90. The van der Waals surface area contributed by atoms with Crippen LogP contribution in [0.3, 0.4) is 0 Å². The Bertz CT molecular complexity index is 157. The maximum atomic E-state index is 4.16. The van der Waals surface area contributed by atoms with Gasteiger partial charge in [0.05, 0.1) is 0 Å². The van der Waals surface area contributed by atoms with Gasteiger partial charge in [-0.15, -0.1) is 0 Å². The second-order valence-corrected chi connectivity index (χ2v) is 4.34. The highest BCUT2D eigenvalue weighted by Gasteiger charge is 2.22. The van der Waals surface area contributed by atoms with Crippen molar-refractivity contribution in [3.63, 3.8) is 0 Å². The second kappa shape index (κ2) is 5.71. The lowest BCUT2D eigenvalue weighted by molar-refractivity contribution is 0.119. The van der Waals surface area contributed by atoms with Crippen molar-refractivity contribution in [2.45, 2.75) is 45.2 Å². The van der Waals surface area contributed by atoms with E-state index < -0.39 is 0 Å². The van der Waals surface area contributed by atoms with Crippen molar-refractivity contribution in [1.29, 1.82) is 0 Å². The molecule has 0 amide bonds. The zero-order valence-electron chi connectivity index (χ0n) is 8.74. The largest absolute Gasteiger partial charge is 0.294 e. The van der Waals surface area contributed by atoms with Crippen LogP contribution in [0.5, 0.6) is 0 Å². The van der Waals surface area contributed by atoms with E-state index in [1.807, 2.05) is 0 Å². The van der Waals surface area contributed by atoms with Crippen molar-refractivity contribution in [2.24, 2.45) is 0 Å². The Morgan fingerprint density at radius 2 is 1.85 bits per heavy atom. The van der Waals surface area contributed by atoms with Gasteiger partial charge in [-0.3, -0.25) is 4.90 Å². The van der Waals surface area contributed by atoms with Crippen molar-refractivity contribution in [1.82, 2.24) is 4.90 Å². The standard InChI is InChI=1S/C11H21NS/c1-10-6-5-7-11(2)12(10)8-3-4-9-13/h3-4,10-11,13H,5-9H2,1-2H3/b4-3+/t10-,11+. The smallest absolute Gasteiger partial charge is 0.0169 e. The second-order valence-electron chi connectivity index (χ2n) is 3.98. The molecule has 0 unspecified atom stereocenters. The summed E-state index contributed by atoms with van der Waals surface area (Å²) in [6.45, 7) is 5.78. The highest BCUT2D eigenvalue weighted by Crippen LogP contribution is 2.21. The molecule has 0 aromatic rings. The molecule has 0 saturated carbocycles. The summed E-state index contributed by atoms with van der Waals surface area (Å²) in [5.41, 5.74) is 0. The van der Waals surface area contributed by atoms with Gasteiger partial charge in [-0.05, 0) is 26.7 Å². The minimum absolute atomic E-state index is 0.758. The molecule has 0 N–H and O–H groups in total. The molecule has 0 aromatic carbocycles. The van der Waals surface area contributed by atoms with Crippen LogP contribution in [-0.4, -0.2) is 29.3 Å². The number of thiol groups is 1. The fraction of sp³-hybridized carbons (Fsp3) is 0.818. The molecule has 0 spiro atoms. The average Bonchev–Trinajstić information content (AvgIpc) is 2.10. The normalized spacial score (nSPS) is 31.3. The first-order chi connectivity index (χ1) is 6.25. The summed E-state index contributed by atoms with van der Waals surface area (Å²) in [6, 6.07) is 1.52. The molecule has 1 saturated heterocycles. The molecule has 76 valence electrons. The Morgan fingerprint density at radius 1 is 1.23 bits per heavy atom. The Hall–Kier alpha value is 0.0500. The van der Waals surface area contributed by atoms with Gasteiger partial charge in [-0.25, -0.2) is 0 Å². The number of nitrogens with zero attached hydrogens (tertiary/aromatic N) is 1. The van der Waals surface area contributed by atoms with E-state index in [1.54, 1.807) is 0 Å². The summed E-state index contributed by atoms with van der Waals surface area (Å²) in [6.07, 6.45) is 8.50. The van der Waals surface area contributed by atoms with Crippen LogP contribution in [0.4, 0.5) is 0 Å². The molecule has 0 aliphatic carbocycles. The van der Waals surface area contributed by atoms with E-state index in [4.69, 9.17) is 0 Å². The molecule has 1 rings (SSSR count). The molecule has 2 atom stereocenters. The van der Waals surface area contributed by atoms with Gasteiger partial charge in [-0.1, -0.05) is 18.6 Å². The molecular formula is C11H21NS. The summed E-state index contributed by atoms with van der Waals surface area (Å²) < 4.78 is 0. The van der Waals surface area contributed by atoms with E-state index >= 15 is 0 Å². The van der Waals surface area contributed by atoms with Crippen molar-refractivity contribution in [3.05, 3.63) is 12.2 Å². The molecule has 13 heavy (non-hydrogen) atoms. The highest BCUT2D eigenvalue weighted by atomic mass is 32.1. The Morgan fingerprint density at radius 3 is 2.38 bits per heavy atom. The maximum Gasteiger partial charge on any atom is 0.0169 e. The predicted molar refractivity (Wildman–Crippen MR) is 62.5 cm³/mol. The molecular weight excluding hydrogens is 178 g/mol. The lowest BCUT2D eigenvalue weighted by atomic mass is 9.98. The van der Waals surface area contributed by atoms with E-state index in [-0.39, 0.29) is 0 Å². The topological polar surface area (TPSA) is 3.24 Å². The third kappa shape index (κ3) is 3.35. The van der Waals surface area contributed by atoms with Gasteiger partial charge in [0.25, 0.3) is 0 Å². The minimum Gasteiger partial charge on any atom is -0.294 e. The fourth-order valence-electron chi connectivity index (χ4n) is 2.11. The first-order valence-electron chi connectivity index (χ1n) is 5.27. The number of rotatable bonds is 3. The summed E-state index contributed by atoms with van der Waals surface area (Å²) in [5, 5.41) is 0. The van der Waals surface area contributed by atoms with Crippen LogP contribution >= 0.6 is 12.6 Å². The summed E-state index contributed by atoms with van der Waals surface area (Å²) in [7, 11) is 0. The van der Waals surface area contributed by atoms with Crippen molar-refractivity contribution in [3.8, 4) is 0 Å². The number of likely N-dealkylation sites (tertiary alicyclic amines) is 1. The lowest BCUT2D eigenvalue weighted by Crippen LogP contribution is -2.43. The van der Waals surface area contributed by atoms with Crippen LogP contribution < -0.4 is 0 Å². The summed E-state index contributed by atoms with van der Waals surface area (Å²) >= 11 is 4.16. The van der Waals surface area contributed by atoms with E-state index in [1.165, 1.54) is 19.3 Å². The van der Waals surface area contributed by atoms with Crippen LogP contribution in [0.25, 0.3) is 0 Å². The zero-order chi connectivity index (χ0) is 9.68.